The van der Waals surface area contributed by atoms with Gasteiger partial charge in [-0.1, -0.05) is 27.7 Å². The SMILES string of the molecule is CC.CC(C)c1c(F)cc(NC2CCC(=O)NC2=O)cc1F. The highest BCUT2D eigenvalue weighted by Crippen LogP contribution is 2.26. The molecule has 1 fully saturated rings. The maximum atomic E-state index is 13.8. The van der Waals surface area contributed by atoms with Crippen LogP contribution in [-0.4, -0.2) is 17.9 Å². The van der Waals surface area contributed by atoms with E-state index in [4.69, 9.17) is 0 Å². The van der Waals surface area contributed by atoms with Gasteiger partial charge in [0.25, 0.3) is 0 Å². The van der Waals surface area contributed by atoms with Gasteiger partial charge in [0.05, 0.1) is 0 Å². The Hall–Kier alpha value is -1.98. The predicted molar refractivity (Wildman–Crippen MR) is 81.6 cm³/mol. The Morgan fingerprint density at radius 3 is 2.18 bits per heavy atom. The largest absolute Gasteiger partial charge is 0.373 e. The second kappa shape index (κ2) is 7.87. The van der Waals surface area contributed by atoms with E-state index >= 15 is 0 Å². The molecule has 2 N–H and O–H groups in total. The Kier molecular flexibility index (Phi) is 6.46. The number of halogens is 2. The minimum Gasteiger partial charge on any atom is -0.373 e. The molecule has 1 saturated heterocycles. The number of piperidine rings is 1. The van der Waals surface area contributed by atoms with E-state index in [-0.39, 0.29) is 29.5 Å². The molecule has 2 rings (SSSR count). The first kappa shape index (κ1) is 18.1. The Morgan fingerprint density at radius 1 is 1.18 bits per heavy atom. The van der Waals surface area contributed by atoms with Crippen molar-refractivity contribution in [2.45, 2.75) is 52.5 Å². The molecule has 1 unspecified atom stereocenters. The summed E-state index contributed by atoms with van der Waals surface area (Å²) in [5.41, 5.74) is 0.220. The number of nitrogens with one attached hydrogen (secondary N) is 2. The predicted octanol–water partition coefficient (Wildman–Crippen LogP) is 3.33. The molecule has 0 radical (unpaired) electrons. The third-order valence-electron chi connectivity index (χ3n) is 3.24. The van der Waals surface area contributed by atoms with Crippen LogP contribution in [-0.2, 0) is 9.59 Å². The zero-order valence-corrected chi connectivity index (χ0v) is 13.3. The number of rotatable bonds is 3. The molecule has 0 spiro atoms. The third kappa shape index (κ3) is 4.26. The summed E-state index contributed by atoms with van der Waals surface area (Å²) in [7, 11) is 0. The van der Waals surface area contributed by atoms with E-state index in [9.17, 15) is 18.4 Å². The first-order chi connectivity index (χ1) is 10.4. The lowest BCUT2D eigenvalue weighted by atomic mass is 10.0. The van der Waals surface area contributed by atoms with E-state index in [1.807, 2.05) is 13.8 Å². The summed E-state index contributed by atoms with van der Waals surface area (Å²) in [6, 6.07) is 1.68. The Balaban J connectivity index is 0.00000116. The van der Waals surface area contributed by atoms with Crippen molar-refractivity contribution < 1.29 is 18.4 Å². The van der Waals surface area contributed by atoms with Crippen LogP contribution in [0.3, 0.4) is 0 Å². The second-order valence-corrected chi connectivity index (χ2v) is 5.16. The fourth-order valence-corrected chi connectivity index (χ4v) is 2.25. The van der Waals surface area contributed by atoms with E-state index < -0.39 is 23.6 Å². The third-order valence-corrected chi connectivity index (χ3v) is 3.24. The minimum absolute atomic E-state index is 0.0267. The molecule has 2 amide bonds. The molecular formula is C16H22F2N2O2. The smallest absolute Gasteiger partial charge is 0.249 e. The summed E-state index contributed by atoms with van der Waals surface area (Å²) < 4.78 is 27.7. The lowest BCUT2D eigenvalue weighted by molar-refractivity contribution is -0.133. The van der Waals surface area contributed by atoms with E-state index in [0.29, 0.717) is 6.42 Å². The molecule has 1 heterocycles. The van der Waals surface area contributed by atoms with Crippen LogP contribution in [0.5, 0.6) is 0 Å². The van der Waals surface area contributed by atoms with Crippen LogP contribution < -0.4 is 10.6 Å². The molecule has 0 aliphatic carbocycles. The van der Waals surface area contributed by atoms with E-state index in [0.717, 1.165) is 0 Å². The molecule has 0 bridgehead atoms. The Bertz CT molecular complexity index is 536. The van der Waals surface area contributed by atoms with Crippen molar-refractivity contribution in [1.82, 2.24) is 5.32 Å². The summed E-state index contributed by atoms with van der Waals surface area (Å²) in [6.07, 6.45) is 0.512. The average Bonchev–Trinajstić information content (AvgIpc) is 2.43. The summed E-state index contributed by atoms with van der Waals surface area (Å²) in [5, 5.41) is 4.94. The number of hydrogen-bond acceptors (Lipinski definition) is 3. The van der Waals surface area contributed by atoms with Gasteiger partial charge in [0.1, 0.15) is 17.7 Å². The summed E-state index contributed by atoms with van der Waals surface area (Å²) in [5.74, 6) is -2.36. The standard InChI is InChI=1S/C14H16F2N2O2.C2H6/c1-7(2)13-9(15)5-8(6-10(13)16)17-11-3-4-12(19)18-14(11)20;1-2/h5-7,11,17H,3-4H2,1-2H3,(H,18,19,20);1-2H3. The van der Waals surface area contributed by atoms with Gasteiger partial charge in [-0.3, -0.25) is 14.9 Å². The van der Waals surface area contributed by atoms with Crippen LogP contribution in [0.1, 0.15) is 52.0 Å². The molecule has 1 aliphatic heterocycles. The highest BCUT2D eigenvalue weighted by Gasteiger charge is 2.27. The topological polar surface area (TPSA) is 58.2 Å². The fraction of sp³-hybridized carbons (Fsp3) is 0.500. The van der Waals surface area contributed by atoms with Crippen molar-refractivity contribution in [2.24, 2.45) is 0 Å². The van der Waals surface area contributed by atoms with Crippen LogP contribution >= 0.6 is 0 Å². The maximum absolute atomic E-state index is 13.8. The number of imide groups is 1. The van der Waals surface area contributed by atoms with E-state index in [1.165, 1.54) is 12.1 Å². The van der Waals surface area contributed by atoms with Crippen molar-refractivity contribution in [3.63, 3.8) is 0 Å². The van der Waals surface area contributed by atoms with Crippen molar-refractivity contribution in [1.29, 1.82) is 0 Å². The van der Waals surface area contributed by atoms with Crippen LogP contribution in [0, 0.1) is 11.6 Å². The van der Waals surface area contributed by atoms with Crippen molar-refractivity contribution in [3.8, 4) is 0 Å². The number of benzene rings is 1. The van der Waals surface area contributed by atoms with Gasteiger partial charge in [-0.25, -0.2) is 8.78 Å². The average molecular weight is 312 g/mol. The fourth-order valence-electron chi connectivity index (χ4n) is 2.25. The monoisotopic (exact) mass is 312 g/mol. The maximum Gasteiger partial charge on any atom is 0.249 e. The van der Waals surface area contributed by atoms with Gasteiger partial charge >= 0.3 is 0 Å². The molecule has 1 atom stereocenters. The second-order valence-electron chi connectivity index (χ2n) is 5.16. The van der Waals surface area contributed by atoms with Gasteiger partial charge in [-0.2, -0.15) is 0 Å². The van der Waals surface area contributed by atoms with Gasteiger partial charge in [-0.15, -0.1) is 0 Å². The number of carbonyl (C=O) groups excluding carboxylic acids is 2. The molecule has 1 aromatic rings. The van der Waals surface area contributed by atoms with Gasteiger partial charge in [0.15, 0.2) is 0 Å². The van der Waals surface area contributed by atoms with Crippen molar-refractivity contribution in [2.75, 3.05) is 5.32 Å². The number of hydrogen-bond donors (Lipinski definition) is 2. The van der Waals surface area contributed by atoms with Gasteiger partial charge < -0.3 is 5.32 Å². The molecule has 1 aliphatic rings. The zero-order valence-electron chi connectivity index (χ0n) is 13.3. The summed E-state index contributed by atoms with van der Waals surface area (Å²) >= 11 is 0. The summed E-state index contributed by atoms with van der Waals surface area (Å²) in [6.45, 7) is 7.41. The molecule has 4 nitrogen and oxygen atoms in total. The molecule has 1 aromatic carbocycles. The minimum atomic E-state index is -0.656. The van der Waals surface area contributed by atoms with Crippen LogP contribution in [0.4, 0.5) is 14.5 Å². The van der Waals surface area contributed by atoms with Crippen LogP contribution in [0.25, 0.3) is 0 Å². The first-order valence-corrected chi connectivity index (χ1v) is 7.47. The first-order valence-electron chi connectivity index (χ1n) is 7.47. The Morgan fingerprint density at radius 2 is 1.73 bits per heavy atom. The van der Waals surface area contributed by atoms with Gasteiger partial charge in [0, 0.05) is 17.7 Å². The molecule has 122 valence electrons. The quantitative estimate of drug-likeness (QED) is 0.842. The lowest BCUT2D eigenvalue weighted by Crippen LogP contribution is -2.47. The van der Waals surface area contributed by atoms with Crippen molar-refractivity contribution >= 4 is 17.5 Å². The number of anilines is 1. The highest BCUT2D eigenvalue weighted by molar-refractivity contribution is 6.01. The lowest BCUT2D eigenvalue weighted by Gasteiger charge is -2.23. The molecule has 6 heteroatoms. The number of amides is 2. The number of carbonyl (C=O) groups is 2. The zero-order chi connectivity index (χ0) is 16.9. The van der Waals surface area contributed by atoms with Crippen LogP contribution in [0.15, 0.2) is 12.1 Å². The molecule has 0 saturated carbocycles. The normalized spacial score (nSPS) is 17.7. The van der Waals surface area contributed by atoms with Gasteiger partial charge in [0.2, 0.25) is 11.8 Å². The summed E-state index contributed by atoms with van der Waals surface area (Å²) in [4.78, 5) is 22.6. The van der Waals surface area contributed by atoms with Crippen LogP contribution in [0.2, 0.25) is 0 Å². The molecule has 22 heavy (non-hydrogen) atoms. The highest BCUT2D eigenvalue weighted by atomic mass is 19.1. The van der Waals surface area contributed by atoms with E-state index in [2.05, 4.69) is 10.6 Å². The van der Waals surface area contributed by atoms with E-state index in [1.54, 1.807) is 13.8 Å². The van der Waals surface area contributed by atoms with Gasteiger partial charge in [-0.05, 0) is 24.5 Å². The molecular weight excluding hydrogens is 290 g/mol. The Labute approximate surface area is 129 Å². The van der Waals surface area contributed by atoms with Crippen molar-refractivity contribution in [3.05, 3.63) is 29.3 Å². The molecule has 0 aromatic heterocycles.